The maximum atomic E-state index is 7.56. The molecule has 0 aromatic heterocycles. The van der Waals surface area contributed by atoms with E-state index in [1.807, 2.05) is 0 Å². The van der Waals surface area contributed by atoms with Crippen LogP contribution in [0.4, 0.5) is 0 Å². The Hall–Kier alpha value is 1.68. The Labute approximate surface area is 171 Å². The van der Waals surface area contributed by atoms with Gasteiger partial charge in [-0.3, -0.25) is 0 Å². The standard InChI is InChI=1S/C8H18.C5H12.2H3O3PS.Zn/c1-4-6-7-8(3)5-2;1-4-5(2)3;2*1-4(2,3)5;/h8H,4-7H2,1-3H3;5H,4H2,1-3H3;2*(H3,1,2,3,5);. The second kappa shape index (κ2) is 22.7. The third-order valence-electron chi connectivity index (χ3n) is 2.56. The van der Waals surface area contributed by atoms with E-state index < -0.39 is 13.4 Å². The van der Waals surface area contributed by atoms with Gasteiger partial charge >= 0.3 is 13.4 Å². The molecule has 1 unspecified atom stereocenters. The molecule has 0 aliphatic heterocycles. The molecule has 0 fully saturated rings. The van der Waals surface area contributed by atoms with Gasteiger partial charge in [-0.25, -0.2) is 0 Å². The van der Waals surface area contributed by atoms with E-state index in [2.05, 4.69) is 65.2 Å². The largest absolute Gasteiger partial charge is 0.325 e. The summed E-state index contributed by atoms with van der Waals surface area (Å²) in [6.45, 7) is 5.88. The topological polar surface area (TPSA) is 121 Å². The van der Waals surface area contributed by atoms with Gasteiger partial charge in [-0.2, -0.15) is 0 Å². The van der Waals surface area contributed by atoms with E-state index in [9.17, 15) is 0 Å². The van der Waals surface area contributed by atoms with Crippen LogP contribution in [0.3, 0.4) is 0 Å². The zero-order valence-electron chi connectivity index (χ0n) is 15.8. The van der Waals surface area contributed by atoms with Gasteiger partial charge in [-0.1, -0.05) is 73.6 Å². The summed E-state index contributed by atoms with van der Waals surface area (Å²) in [5, 5.41) is 0. The first-order valence-corrected chi connectivity index (χ1v) is 13.0. The fourth-order valence-electron chi connectivity index (χ4n) is 0.757. The summed E-state index contributed by atoms with van der Waals surface area (Å²) >= 11 is 7.21. The summed E-state index contributed by atoms with van der Waals surface area (Å²) in [5.41, 5.74) is 0. The summed E-state index contributed by atoms with van der Waals surface area (Å²) in [7, 11) is 0. The molecule has 1 atom stereocenters. The molecule has 148 valence electrons. The van der Waals surface area contributed by atoms with Crippen molar-refractivity contribution in [3.05, 3.63) is 0 Å². The predicted molar refractivity (Wildman–Crippen MR) is 106 cm³/mol. The van der Waals surface area contributed by atoms with Crippen molar-refractivity contribution in [1.29, 1.82) is 0 Å². The van der Waals surface area contributed by atoms with Crippen LogP contribution in [0.2, 0.25) is 0 Å². The van der Waals surface area contributed by atoms with Gasteiger partial charge in [-0.15, -0.1) is 0 Å². The van der Waals surface area contributed by atoms with E-state index in [0.717, 1.165) is 11.8 Å². The Bertz CT molecular complexity index is 287. The third kappa shape index (κ3) is 130. The third-order valence-corrected chi connectivity index (χ3v) is 2.56. The zero-order valence-corrected chi connectivity index (χ0v) is 22.2. The first-order valence-electron chi connectivity index (χ1n) is 7.64. The molecule has 6 nitrogen and oxygen atoms in total. The first kappa shape index (κ1) is 36.6. The van der Waals surface area contributed by atoms with Gasteiger partial charge in [-0.05, 0) is 35.4 Å². The van der Waals surface area contributed by atoms with Crippen molar-refractivity contribution in [2.75, 3.05) is 0 Å². The van der Waals surface area contributed by atoms with Gasteiger partial charge in [0, 0.05) is 19.5 Å². The summed E-state index contributed by atoms with van der Waals surface area (Å²) in [6, 6.07) is 0. The number of hydrogen-bond donors (Lipinski definition) is 6. The van der Waals surface area contributed by atoms with E-state index in [1.54, 1.807) is 0 Å². The van der Waals surface area contributed by atoms with Gasteiger partial charge in [0.15, 0.2) is 0 Å². The Morgan fingerprint density at radius 3 is 1.12 bits per heavy atom. The molecule has 0 heterocycles. The molecule has 0 aliphatic carbocycles. The first-order chi connectivity index (χ1) is 10.1. The predicted octanol–water partition coefficient (Wildman–Crippen LogP) is 3.65. The molecular weight excluding hydrogens is 444 g/mol. The van der Waals surface area contributed by atoms with Crippen LogP contribution in [-0.4, -0.2) is 29.4 Å². The molecular formula is C13H36O6P2S2Zn. The minimum atomic E-state index is -3.81. The van der Waals surface area contributed by atoms with E-state index in [0.29, 0.717) is 0 Å². The van der Waals surface area contributed by atoms with Gasteiger partial charge in [0.2, 0.25) is 0 Å². The van der Waals surface area contributed by atoms with Crippen LogP contribution in [0.15, 0.2) is 0 Å². The SMILES string of the molecule is CCC(C)C.CCCCC(C)CC.OP(O)(O)=S.OP(O)(O)=S.[Zn]. The summed E-state index contributed by atoms with van der Waals surface area (Å²) in [5.74, 6) is 1.84. The number of hydrogen-bond acceptors (Lipinski definition) is 2. The summed E-state index contributed by atoms with van der Waals surface area (Å²) in [4.78, 5) is 45.3. The molecule has 0 saturated heterocycles. The Balaban J connectivity index is -0.0000000677. The summed E-state index contributed by atoms with van der Waals surface area (Å²) in [6.07, 6.45) is 6.84. The van der Waals surface area contributed by atoms with Crippen molar-refractivity contribution in [1.82, 2.24) is 0 Å². The van der Waals surface area contributed by atoms with Crippen LogP contribution < -0.4 is 0 Å². The van der Waals surface area contributed by atoms with Crippen LogP contribution in [0, 0.1) is 11.8 Å². The van der Waals surface area contributed by atoms with E-state index in [1.165, 1.54) is 32.1 Å². The second-order valence-electron chi connectivity index (χ2n) is 5.48. The Morgan fingerprint density at radius 2 is 1.00 bits per heavy atom. The van der Waals surface area contributed by atoms with Crippen molar-refractivity contribution in [2.24, 2.45) is 11.8 Å². The van der Waals surface area contributed by atoms with E-state index in [4.69, 9.17) is 29.4 Å². The molecule has 24 heavy (non-hydrogen) atoms. The molecule has 0 spiro atoms. The Morgan fingerprint density at radius 1 is 0.750 bits per heavy atom. The smallest absolute Gasteiger partial charge is 0.319 e. The number of rotatable bonds is 5. The molecule has 0 bridgehead atoms. The van der Waals surface area contributed by atoms with Crippen LogP contribution in [-0.2, 0) is 43.1 Å². The zero-order chi connectivity index (χ0) is 19.7. The van der Waals surface area contributed by atoms with Crippen molar-refractivity contribution in [3.63, 3.8) is 0 Å². The molecule has 0 amide bonds. The minimum Gasteiger partial charge on any atom is -0.325 e. The molecule has 0 aliphatic rings. The monoisotopic (exact) mass is 478 g/mol. The maximum absolute atomic E-state index is 7.56. The van der Waals surface area contributed by atoms with Gasteiger partial charge in [0.05, 0.1) is 0 Å². The van der Waals surface area contributed by atoms with Crippen LogP contribution in [0.5, 0.6) is 0 Å². The molecule has 0 aromatic carbocycles. The molecule has 11 heteroatoms. The second-order valence-corrected chi connectivity index (χ2v) is 10.5. The van der Waals surface area contributed by atoms with Crippen LogP contribution in [0.1, 0.15) is 73.6 Å². The minimum absolute atomic E-state index is 0. The quantitative estimate of drug-likeness (QED) is 0.261. The fraction of sp³-hybridized carbons (Fsp3) is 1.00. The van der Waals surface area contributed by atoms with Crippen molar-refractivity contribution >= 4 is 37.1 Å². The molecule has 0 saturated carbocycles. The molecule has 0 aromatic rings. The van der Waals surface area contributed by atoms with Crippen LogP contribution >= 0.6 is 13.4 Å². The summed E-state index contributed by atoms with van der Waals surface area (Å²) < 4.78 is 0. The number of unbranched alkanes of at least 4 members (excludes halogenated alkanes) is 1. The van der Waals surface area contributed by atoms with Crippen molar-refractivity contribution < 1.29 is 48.8 Å². The van der Waals surface area contributed by atoms with Crippen LogP contribution in [0.25, 0.3) is 0 Å². The van der Waals surface area contributed by atoms with E-state index >= 15 is 0 Å². The molecule has 0 rings (SSSR count). The average Bonchev–Trinajstić information content (AvgIpc) is 2.32. The van der Waals surface area contributed by atoms with Gasteiger partial charge in [0.25, 0.3) is 0 Å². The molecule has 6 N–H and O–H groups in total. The maximum Gasteiger partial charge on any atom is 0.319 e. The molecule has 0 radical (unpaired) electrons. The van der Waals surface area contributed by atoms with Gasteiger partial charge < -0.3 is 29.4 Å². The van der Waals surface area contributed by atoms with Gasteiger partial charge in [0.1, 0.15) is 0 Å². The average molecular weight is 480 g/mol. The fourth-order valence-corrected chi connectivity index (χ4v) is 0.757. The Kier molecular flexibility index (Phi) is 34.6. The van der Waals surface area contributed by atoms with E-state index in [-0.39, 0.29) is 19.5 Å². The van der Waals surface area contributed by atoms with Crippen molar-refractivity contribution in [3.8, 4) is 0 Å². The normalized spacial score (nSPS) is 11.5. The van der Waals surface area contributed by atoms with Crippen molar-refractivity contribution in [2.45, 2.75) is 73.6 Å².